The molecule has 1 saturated carbocycles. The topological polar surface area (TPSA) is 74.3 Å². The standard InChI is InChI=1S/C21H32N4O2/c1-16-8-9-19(22-14-16)24-21(27)17-10-12-25(13-11-17)15-20(26)23-18-6-4-2-3-5-7-18/h8-9,14,17-18H,2-7,10-13,15H2,1H3,(H,23,26)(H,22,24,27). The first kappa shape index (κ1) is 19.8. The summed E-state index contributed by atoms with van der Waals surface area (Å²) in [6, 6.07) is 4.13. The number of aryl methyl sites for hydroxylation is 1. The van der Waals surface area contributed by atoms with Crippen LogP contribution in [0.3, 0.4) is 0 Å². The van der Waals surface area contributed by atoms with Gasteiger partial charge in [-0.05, 0) is 57.3 Å². The van der Waals surface area contributed by atoms with Crippen molar-refractivity contribution in [2.45, 2.75) is 64.3 Å². The van der Waals surface area contributed by atoms with Gasteiger partial charge in [0.25, 0.3) is 0 Å². The molecule has 2 N–H and O–H groups in total. The van der Waals surface area contributed by atoms with Crippen LogP contribution < -0.4 is 10.6 Å². The molecule has 2 amide bonds. The molecule has 2 fully saturated rings. The maximum atomic E-state index is 12.4. The summed E-state index contributed by atoms with van der Waals surface area (Å²) in [7, 11) is 0. The molecule has 0 atom stereocenters. The molecule has 1 aliphatic carbocycles. The number of piperidine rings is 1. The summed E-state index contributed by atoms with van der Waals surface area (Å²) in [6.07, 6.45) is 10.6. The van der Waals surface area contributed by atoms with Crippen LogP contribution in [0, 0.1) is 12.8 Å². The minimum Gasteiger partial charge on any atom is -0.352 e. The van der Waals surface area contributed by atoms with Gasteiger partial charge in [0.15, 0.2) is 0 Å². The minimum absolute atomic E-state index is 0.00530. The van der Waals surface area contributed by atoms with Crippen molar-refractivity contribution in [1.82, 2.24) is 15.2 Å². The van der Waals surface area contributed by atoms with E-state index in [0.29, 0.717) is 18.4 Å². The Labute approximate surface area is 162 Å². The summed E-state index contributed by atoms with van der Waals surface area (Å²) in [5.74, 6) is 0.771. The van der Waals surface area contributed by atoms with E-state index in [4.69, 9.17) is 0 Å². The molecule has 2 aliphatic rings. The summed E-state index contributed by atoms with van der Waals surface area (Å²) in [5, 5.41) is 6.12. The number of hydrogen-bond donors (Lipinski definition) is 2. The van der Waals surface area contributed by atoms with E-state index in [1.807, 2.05) is 19.1 Å². The Morgan fingerprint density at radius 2 is 1.78 bits per heavy atom. The number of nitrogens with one attached hydrogen (secondary N) is 2. The van der Waals surface area contributed by atoms with Crippen LogP contribution in [0.15, 0.2) is 18.3 Å². The molecule has 148 valence electrons. The van der Waals surface area contributed by atoms with E-state index in [0.717, 1.165) is 44.3 Å². The van der Waals surface area contributed by atoms with Crippen molar-refractivity contribution in [2.75, 3.05) is 25.0 Å². The molecule has 0 aromatic carbocycles. The first-order valence-corrected chi connectivity index (χ1v) is 10.4. The average molecular weight is 373 g/mol. The van der Waals surface area contributed by atoms with Crippen LogP contribution >= 0.6 is 0 Å². The van der Waals surface area contributed by atoms with Gasteiger partial charge in [0.2, 0.25) is 11.8 Å². The molecule has 2 heterocycles. The fraction of sp³-hybridized carbons (Fsp3) is 0.667. The number of likely N-dealkylation sites (tertiary alicyclic amines) is 1. The molecule has 6 nitrogen and oxygen atoms in total. The lowest BCUT2D eigenvalue weighted by Crippen LogP contribution is -2.45. The van der Waals surface area contributed by atoms with Gasteiger partial charge in [0, 0.05) is 18.2 Å². The van der Waals surface area contributed by atoms with E-state index >= 15 is 0 Å². The highest BCUT2D eigenvalue weighted by Crippen LogP contribution is 2.20. The third-order valence-electron chi connectivity index (χ3n) is 5.71. The predicted octanol–water partition coefficient (Wildman–Crippen LogP) is 2.88. The van der Waals surface area contributed by atoms with E-state index < -0.39 is 0 Å². The number of hydrogen-bond acceptors (Lipinski definition) is 4. The monoisotopic (exact) mass is 372 g/mol. The Morgan fingerprint density at radius 1 is 1.07 bits per heavy atom. The van der Waals surface area contributed by atoms with Crippen molar-refractivity contribution in [3.8, 4) is 0 Å². The second-order valence-electron chi connectivity index (χ2n) is 8.02. The van der Waals surface area contributed by atoms with Crippen molar-refractivity contribution in [1.29, 1.82) is 0 Å². The molecule has 0 spiro atoms. The number of carbonyl (C=O) groups excluding carboxylic acids is 2. The van der Waals surface area contributed by atoms with Crippen LogP contribution in [0.25, 0.3) is 0 Å². The van der Waals surface area contributed by atoms with Crippen molar-refractivity contribution in [3.05, 3.63) is 23.9 Å². The molecular weight excluding hydrogens is 340 g/mol. The molecule has 27 heavy (non-hydrogen) atoms. The van der Waals surface area contributed by atoms with E-state index in [1.165, 1.54) is 25.7 Å². The summed E-state index contributed by atoms with van der Waals surface area (Å²) in [5.41, 5.74) is 1.07. The molecule has 3 rings (SSSR count). The second-order valence-corrected chi connectivity index (χ2v) is 8.02. The third kappa shape index (κ3) is 6.31. The van der Waals surface area contributed by atoms with Crippen LogP contribution in [0.5, 0.6) is 0 Å². The Balaban J connectivity index is 1.38. The number of anilines is 1. The first-order chi connectivity index (χ1) is 13.1. The summed E-state index contributed by atoms with van der Waals surface area (Å²) >= 11 is 0. The first-order valence-electron chi connectivity index (χ1n) is 10.4. The summed E-state index contributed by atoms with van der Waals surface area (Å²) < 4.78 is 0. The minimum atomic E-state index is -0.00530. The van der Waals surface area contributed by atoms with Crippen molar-refractivity contribution < 1.29 is 9.59 Å². The number of carbonyl (C=O) groups is 2. The van der Waals surface area contributed by atoms with Gasteiger partial charge in [-0.1, -0.05) is 31.7 Å². The molecule has 0 radical (unpaired) electrons. The Bertz CT molecular complexity index is 616. The zero-order valence-corrected chi connectivity index (χ0v) is 16.4. The highest BCUT2D eigenvalue weighted by Gasteiger charge is 2.26. The smallest absolute Gasteiger partial charge is 0.234 e. The van der Waals surface area contributed by atoms with Gasteiger partial charge in [-0.3, -0.25) is 14.5 Å². The predicted molar refractivity (Wildman–Crippen MR) is 106 cm³/mol. The average Bonchev–Trinajstić information content (AvgIpc) is 2.92. The summed E-state index contributed by atoms with van der Waals surface area (Å²) in [6.45, 7) is 4.00. The largest absolute Gasteiger partial charge is 0.352 e. The number of aromatic nitrogens is 1. The third-order valence-corrected chi connectivity index (χ3v) is 5.71. The van der Waals surface area contributed by atoms with Gasteiger partial charge >= 0.3 is 0 Å². The Morgan fingerprint density at radius 3 is 2.41 bits per heavy atom. The lowest BCUT2D eigenvalue weighted by molar-refractivity contribution is -0.124. The highest BCUT2D eigenvalue weighted by atomic mass is 16.2. The van der Waals surface area contributed by atoms with Crippen molar-refractivity contribution in [2.24, 2.45) is 5.92 Å². The van der Waals surface area contributed by atoms with Gasteiger partial charge < -0.3 is 10.6 Å². The van der Waals surface area contributed by atoms with Gasteiger partial charge in [0.1, 0.15) is 5.82 Å². The van der Waals surface area contributed by atoms with E-state index in [1.54, 1.807) is 6.20 Å². The number of pyridine rings is 1. The zero-order chi connectivity index (χ0) is 19.1. The van der Waals surface area contributed by atoms with Crippen LogP contribution in [-0.2, 0) is 9.59 Å². The van der Waals surface area contributed by atoms with Gasteiger partial charge in [0.05, 0.1) is 6.54 Å². The highest BCUT2D eigenvalue weighted by molar-refractivity contribution is 5.91. The maximum absolute atomic E-state index is 12.4. The lowest BCUT2D eigenvalue weighted by Gasteiger charge is -2.31. The maximum Gasteiger partial charge on any atom is 0.234 e. The fourth-order valence-electron chi connectivity index (χ4n) is 4.02. The van der Waals surface area contributed by atoms with Gasteiger partial charge in [-0.15, -0.1) is 0 Å². The van der Waals surface area contributed by atoms with Crippen molar-refractivity contribution >= 4 is 17.6 Å². The molecule has 0 unspecified atom stereocenters. The molecule has 1 saturated heterocycles. The molecule has 6 heteroatoms. The van der Waals surface area contributed by atoms with Gasteiger partial charge in [-0.2, -0.15) is 0 Å². The van der Waals surface area contributed by atoms with Crippen LogP contribution in [0.1, 0.15) is 56.9 Å². The van der Waals surface area contributed by atoms with E-state index in [-0.39, 0.29) is 17.7 Å². The van der Waals surface area contributed by atoms with E-state index in [2.05, 4.69) is 20.5 Å². The molecular formula is C21H32N4O2. The number of nitrogens with zero attached hydrogens (tertiary/aromatic N) is 2. The molecule has 0 bridgehead atoms. The zero-order valence-electron chi connectivity index (χ0n) is 16.4. The second kappa shape index (κ2) is 9.83. The summed E-state index contributed by atoms with van der Waals surface area (Å²) in [4.78, 5) is 31.2. The Hall–Kier alpha value is -1.95. The molecule has 1 aliphatic heterocycles. The van der Waals surface area contributed by atoms with Crippen molar-refractivity contribution in [3.63, 3.8) is 0 Å². The normalized spacial score (nSPS) is 20.0. The molecule has 1 aromatic rings. The van der Waals surface area contributed by atoms with Crippen LogP contribution in [0.4, 0.5) is 5.82 Å². The van der Waals surface area contributed by atoms with Gasteiger partial charge in [-0.25, -0.2) is 4.98 Å². The Kier molecular flexibility index (Phi) is 7.21. The van der Waals surface area contributed by atoms with E-state index in [9.17, 15) is 9.59 Å². The quantitative estimate of drug-likeness (QED) is 0.780. The number of rotatable bonds is 5. The lowest BCUT2D eigenvalue weighted by atomic mass is 9.96. The van der Waals surface area contributed by atoms with Crippen LogP contribution in [-0.4, -0.2) is 47.4 Å². The number of amides is 2. The molecule has 1 aromatic heterocycles. The SMILES string of the molecule is Cc1ccc(NC(=O)C2CCN(CC(=O)NC3CCCCCC3)CC2)nc1. The fourth-order valence-corrected chi connectivity index (χ4v) is 4.02. The van der Waals surface area contributed by atoms with Crippen LogP contribution in [0.2, 0.25) is 0 Å².